The van der Waals surface area contributed by atoms with Crippen LogP contribution in [-0.2, 0) is 6.42 Å². The highest BCUT2D eigenvalue weighted by Gasteiger charge is 2.25. The minimum atomic E-state index is 0. The maximum Gasteiger partial charge on any atom is 0.231 e. The topological polar surface area (TPSA) is 72.0 Å². The maximum absolute atomic E-state index is 5.43. The van der Waals surface area contributed by atoms with E-state index in [1.807, 2.05) is 47.4 Å². The van der Waals surface area contributed by atoms with Gasteiger partial charge in [0.2, 0.25) is 5.89 Å². The van der Waals surface area contributed by atoms with Gasteiger partial charge in [0.1, 0.15) is 0 Å². The molecule has 0 amide bonds. The Morgan fingerprint density at radius 1 is 1.28 bits per heavy atom. The van der Waals surface area contributed by atoms with Crippen LogP contribution in [0.2, 0.25) is 0 Å². The van der Waals surface area contributed by atoms with Gasteiger partial charge in [0.15, 0.2) is 5.82 Å². The van der Waals surface area contributed by atoms with Crippen LogP contribution in [0.1, 0.15) is 23.3 Å². The summed E-state index contributed by atoms with van der Waals surface area (Å²) in [6, 6.07) is 10.2. The van der Waals surface area contributed by atoms with Crippen LogP contribution < -0.4 is 5.32 Å². The Balaban J connectivity index is 0.00000182. The van der Waals surface area contributed by atoms with Gasteiger partial charge in [0.05, 0.1) is 24.3 Å². The lowest BCUT2D eigenvalue weighted by molar-refractivity contribution is 0.190. The Morgan fingerprint density at radius 3 is 2.92 bits per heavy atom. The first-order valence-corrected chi connectivity index (χ1v) is 8.12. The summed E-state index contributed by atoms with van der Waals surface area (Å²) >= 11 is 0. The van der Waals surface area contributed by atoms with Crippen molar-refractivity contribution in [2.75, 3.05) is 26.7 Å². The van der Waals surface area contributed by atoms with Crippen molar-refractivity contribution in [3.05, 3.63) is 60.0 Å². The van der Waals surface area contributed by atoms with E-state index >= 15 is 0 Å². The van der Waals surface area contributed by atoms with Crippen molar-refractivity contribution in [1.82, 2.24) is 30.1 Å². The number of hydrogen-bond acceptors (Lipinski definition) is 6. The quantitative estimate of drug-likeness (QED) is 0.765. The van der Waals surface area contributed by atoms with Gasteiger partial charge in [-0.15, -0.1) is 12.4 Å². The zero-order valence-electron chi connectivity index (χ0n) is 14.0. The Bertz CT molecular complexity index is 802. The fraction of sp³-hybridized carbons (Fsp3) is 0.353. The van der Waals surface area contributed by atoms with Gasteiger partial charge in [-0.3, -0.25) is 4.90 Å². The first kappa shape index (κ1) is 17.6. The molecule has 1 saturated heterocycles. The lowest BCUT2D eigenvalue weighted by Crippen LogP contribution is -2.44. The van der Waals surface area contributed by atoms with E-state index in [9.17, 15) is 0 Å². The van der Waals surface area contributed by atoms with E-state index in [-0.39, 0.29) is 18.4 Å². The van der Waals surface area contributed by atoms with E-state index in [0.717, 1.165) is 36.7 Å². The average Bonchev–Trinajstić information content (AvgIpc) is 3.26. The number of nitrogens with zero attached hydrogens (tertiary/aromatic N) is 5. The molecule has 1 aliphatic heterocycles. The number of piperazine rings is 1. The summed E-state index contributed by atoms with van der Waals surface area (Å²) in [5.41, 5.74) is 2.08. The third-order valence-electron chi connectivity index (χ3n) is 4.31. The molecule has 1 unspecified atom stereocenters. The molecule has 2 aromatic heterocycles. The highest BCUT2D eigenvalue weighted by atomic mass is 35.5. The molecule has 1 atom stereocenters. The predicted octanol–water partition coefficient (Wildman–Crippen LogP) is 1.84. The van der Waals surface area contributed by atoms with E-state index in [0.29, 0.717) is 12.3 Å². The number of para-hydroxylation sites is 1. The van der Waals surface area contributed by atoms with Crippen LogP contribution in [0, 0.1) is 0 Å². The number of benzene rings is 1. The number of hydrogen-bond donors (Lipinski definition) is 1. The Labute approximate surface area is 152 Å². The molecule has 0 aliphatic carbocycles. The molecule has 1 fully saturated rings. The van der Waals surface area contributed by atoms with Crippen LogP contribution >= 0.6 is 12.4 Å². The molecule has 0 saturated carbocycles. The molecule has 0 radical (unpaired) electrons. The lowest BCUT2D eigenvalue weighted by Gasteiger charge is -2.30. The van der Waals surface area contributed by atoms with Crippen molar-refractivity contribution in [3.8, 4) is 5.69 Å². The van der Waals surface area contributed by atoms with Gasteiger partial charge in [-0.05, 0) is 24.7 Å². The summed E-state index contributed by atoms with van der Waals surface area (Å²) in [7, 11) is 2.09. The molecule has 1 N–H and O–H groups in total. The molecule has 25 heavy (non-hydrogen) atoms. The van der Waals surface area contributed by atoms with Gasteiger partial charge in [0.25, 0.3) is 0 Å². The van der Waals surface area contributed by atoms with Gasteiger partial charge in [-0.25, -0.2) is 4.68 Å². The summed E-state index contributed by atoms with van der Waals surface area (Å²) in [4.78, 5) is 6.81. The minimum absolute atomic E-state index is 0. The smallest absolute Gasteiger partial charge is 0.231 e. The fourth-order valence-corrected chi connectivity index (χ4v) is 2.92. The van der Waals surface area contributed by atoms with Crippen LogP contribution in [0.15, 0.2) is 47.2 Å². The van der Waals surface area contributed by atoms with Crippen LogP contribution in [0.4, 0.5) is 0 Å². The van der Waals surface area contributed by atoms with Crippen molar-refractivity contribution >= 4 is 12.4 Å². The number of likely N-dealkylation sites (N-methyl/N-ethyl adjacent to an activating group) is 1. The van der Waals surface area contributed by atoms with Crippen LogP contribution in [0.3, 0.4) is 0 Å². The molecule has 0 spiro atoms. The van der Waals surface area contributed by atoms with Gasteiger partial charge >= 0.3 is 0 Å². The van der Waals surface area contributed by atoms with E-state index in [1.165, 1.54) is 0 Å². The second-order valence-electron chi connectivity index (χ2n) is 6.05. The molecular weight excluding hydrogens is 340 g/mol. The van der Waals surface area contributed by atoms with Gasteiger partial charge in [0, 0.05) is 25.8 Å². The monoisotopic (exact) mass is 360 g/mol. The van der Waals surface area contributed by atoms with E-state index < -0.39 is 0 Å². The summed E-state index contributed by atoms with van der Waals surface area (Å²) in [6.07, 6.45) is 4.42. The van der Waals surface area contributed by atoms with Gasteiger partial charge in [-0.2, -0.15) is 10.1 Å². The zero-order chi connectivity index (χ0) is 16.4. The van der Waals surface area contributed by atoms with Gasteiger partial charge < -0.3 is 9.84 Å². The molecule has 0 bridgehead atoms. The predicted molar refractivity (Wildman–Crippen MR) is 96.2 cm³/mol. The van der Waals surface area contributed by atoms with Crippen LogP contribution in [0.5, 0.6) is 0 Å². The third-order valence-corrected chi connectivity index (χ3v) is 4.31. The van der Waals surface area contributed by atoms with Crippen LogP contribution in [-0.4, -0.2) is 51.5 Å². The van der Waals surface area contributed by atoms with Crippen molar-refractivity contribution in [2.24, 2.45) is 0 Å². The van der Waals surface area contributed by atoms with Gasteiger partial charge in [-0.1, -0.05) is 23.4 Å². The van der Waals surface area contributed by atoms with E-state index in [1.54, 1.807) is 0 Å². The summed E-state index contributed by atoms with van der Waals surface area (Å²) in [6.45, 7) is 2.83. The SMILES string of the molecule is CN1CCNCC1c1noc(Cc2cnn(-c3ccccc3)c2)n1.Cl. The highest BCUT2D eigenvalue weighted by molar-refractivity contribution is 5.85. The molecule has 4 rings (SSSR count). The number of rotatable bonds is 4. The Hall–Kier alpha value is -2.22. The first-order chi connectivity index (χ1) is 11.8. The second kappa shape index (κ2) is 7.77. The molecule has 3 aromatic rings. The zero-order valence-corrected chi connectivity index (χ0v) is 14.8. The highest BCUT2D eigenvalue weighted by Crippen LogP contribution is 2.18. The van der Waals surface area contributed by atoms with E-state index in [4.69, 9.17) is 4.52 Å². The molecule has 1 aromatic carbocycles. The molecule has 7 nitrogen and oxygen atoms in total. The first-order valence-electron chi connectivity index (χ1n) is 8.12. The molecule has 3 heterocycles. The van der Waals surface area contributed by atoms with Crippen LogP contribution in [0.25, 0.3) is 5.69 Å². The Kier molecular flexibility index (Phi) is 5.47. The van der Waals surface area contributed by atoms with Crippen molar-refractivity contribution < 1.29 is 4.52 Å². The van der Waals surface area contributed by atoms with Crippen molar-refractivity contribution in [2.45, 2.75) is 12.5 Å². The number of nitrogens with one attached hydrogen (secondary N) is 1. The number of halogens is 1. The minimum Gasteiger partial charge on any atom is -0.339 e. The lowest BCUT2D eigenvalue weighted by atomic mass is 10.2. The van der Waals surface area contributed by atoms with Crippen molar-refractivity contribution in [3.63, 3.8) is 0 Å². The largest absolute Gasteiger partial charge is 0.339 e. The number of aromatic nitrogens is 4. The molecule has 8 heteroatoms. The summed E-state index contributed by atoms with van der Waals surface area (Å²) in [5, 5.41) is 11.9. The molecular formula is C17H21ClN6O. The normalized spacial score (nSPS) is 18.0. The van der Waals surface area contributed by atoms with E-state index in [2.05, 4.69) is 32.5 Å². The maximum atomic E-state index is 5.43. The standard InChI is InChI=1S/C17H20N6O.ClH/c1-22-8-7-18-11-15(22)17-20-16(24-21-17)9-13-10-19-23(12-13)14-5-3-2-4-6-14;/h2-6,10,12,15,18H,7-9,11H2,1H3;1H. The molecule has 1 aliphatic rings. The summed E-state index contributed by atoms with van der Waals surface area (Å²) in [5.74, 6) is 1.37. The summed E-state index contributed by atoms with van der Waals surface area (Å²) < 4.78 is 7.29. The van der Waals surface area contributed by atoms with Crippen molar-refractivity contribution in [1.29, 1.82) is 0 Å². The Morgan fingerprint density at radius 2 is 2.12 bits per heavy atom. The molecule has 132 valence electrons. The second-order valence-corrected chi connectivity index (χ2v) is 6.05. The fourth-order valence-electron chi connectivity index (χ4n) is 2.92. The average molecular weight is 361 g/mol. The third kappa shape index (κ3) is 3.89.